The third kappa shape index (κ3) is 4.92. The van der Waals surface area contributed by atoms with Crippen LogP contribution < -0.4 is 0 Å². The molecule has 0 aliphatic carbocycles. The molecule has 0 unspecified atom stereocenters. The zero-order valence-corrected chi connectivity index (χ0v) is 14.8. The molecule has 2 aromatic carbocycles. The van der Waals surface area contributed by atoms with Crippen LogP contribution in [0.1, 0.15) is 48.6 Å². The second-order valence-electron chi connectivity index (χ2n) is 6.54. The van der Waals surface area contributed by atoms with Gasteiger partial charge in [0.15, 0.2) is 0 Å². The van der Waals surface area contributed by atoms with Gasteiger partial charge in [0.2, 0.25) is 0 Å². The van der Waals surface area contributed by atoms with Crippen LogP contribution in [0, 0.1) is 13.8 Å². The molecule has 0 saturated carbocycles. The van der Waals surface area contributed by atoms with Crippen LogP contribution >= 0.6 is 0 Å². The molecule has 2 nitrogen and oxygen atoms in total. The highest BCUT2D eigenvalue weighted by molar-refractivity contribution is 5.30. The summed E-state index contributed by atoms with van der Waals surface area (Å²) in [6.07, 6.45) is 0.627. The van der Waals surface area contributed by atoms with Gasteiger partial charge in [-0.2, -0.15) is 0 Å². The van der Waals surface area contributed by atoms with Crippen molar-refractivity contribution in [1.29, 1.82) is 0 Å². The van der Waals surface area contributed by atoms with Gasteiger partial charge in [-0.3, -0.25) is 4.90 Å². The number of nitrogens with zero attached hydrogens (tertiary/aromatic N) is 1. The first-order chi connectivity index (χ1) is 11.0. The van der Waals surface area contributed by atoms with E-state index < -0.39 is 6.10 Å². The van der Waals surface area contributed by atoms with Gasteiger partial charge < -0.3 is 5.11 Å². The maximum atomic E-state index is 10.6. The number of hydrogen-bond acceptors (Lipinski definition) is 2. The van der Waals surface area contributed by atoms with Crippen LogP contribution in [-0.2, 0) is 6.54 Å². The van der Waals surface area contributed by atoms with Gasteiger partial charge in [0.1, 0.15) is 0 Å². The van der Waals surface area contributed by atoms with Gasteiger partial charge in [0.25, 0.3) is 0 Å². The lowest BCUT2D eigenvalue weighted by Crippen LogP contribution is -2.36. The van der Waals surface area contributed by atoms with Gasteiger partial charge in [0.05, 0.1) is 6.10 Å². The normalized spacial score (nSPS) is 14.0. The quantitative estimate of drug-likeness (QED) is 0.805. The number of hydrogen-bond donors (Lipinski definition) is 1. The molecule has 0 fully saturated rings. The molecule has 0 amide bonds. The minimum atomic E-state index is -0.449. The molecule has 0 aromatic heterocycles. The molecule has 2 rings (SSSR count). The van der Waals surface area contributed by atoms with Gasteiger partial charge in [-0.1, -0.05) is 61.0 Å². The molecular weight excluding hydrogens is 282 g/mol. The minimum Gasteiger partial charge on any atom is -0.387 e. The monoisotopic (exact) mass is 311 g/mol. The molecule has 124 valence electrons. The van der Waals surface area contributed by atoms with Gasteiger partial charge >= 0.3 is 0 Å². The Labute approximate surface area is 140 Å². The lowest BCUT2D eigenvalue weighted by atomic mass is 10.0. The molecule has 0 saturated heterocycles. The summed E-state index contributed by atoms with van der Waals surface area (Å²) >= 11 is 0. The van der Waals surface area contributed by atoms with E-state index in [0.717, 1.165) is 18.5 Å². The minimum absolute atomic E-state index is 0.438. The number of aliphatic hydroxyl groups is 1. The Morgan fingerprint density at radius 1 is 1.04 bits per heavy atom. The highest BCUT2D eigenvalue weighted by Gasteiger charge is 2.18. The SMILES string of the molecule is CC[C@@H](C)N(Cc1cc(C)ccc1C)C[C@H](O)c1ccccc1. The Bertz CT molecular complexity index is 608. The van der Waals surface area contributed by atoms with Crippen molar-refractivity contribution in [3.8, 4) is 0 Å². The molecule has 0 aliphatic heterocycles. The third-order valence-corrected chi connectivity index (χ3v) is 4.68. The Balaban J connectivity index is 2.15. The summed E-state index contributed by atoms with van der Waals surface area (Å²) in [7, 11) is 0. The van der Waals surface area contributed by atoms with E-state index in [-0.39, 0.29) is 0 Å². The first-order valence-electron chi connectivity index (χ1n) is 8.54. The van der Waals surface area contributed by atoms with E-state index in [2.05, 4.69) is 50.8 Å². The topological polar surface area (TPSA) is 23.5 Å². The van der Waals surface area contributed by atoms with E-state index in [1.807, 2.05) is 30.3 Å². The van der Waals surface area contributed by atoms with Crippen LogP contribution in [-0.4, -0.2) is 22.6 Å². The van der Waals surface area contributed by atoms with Crippen molar-refractivity contribution in [1.82, 2.24) is 4.90 Å². The van der Waals surface area contributed by atoms with Crippen LogP contribution in [0.5, 0.6) is 0 Å². The summed E-state index contributed by atoms with van der Waals surface area (Å²) in [5, 5.41) is 10.6. The van der Waals surface area contributed by atoms with Crippen LogP contribution in [0.15, 0.2) is 48.5 Å². The van der Waals surface area contributed by atoms with Crippen molar-refractivity contribution >= 4 is 0 Å². The van der Waals surface area contributed by atoms with E-state index in [0.29, 0.717) is 12.6 Å². The van der Waals surface area contributed by atoms with Gasteiger partial charge in [0, 0.05) is 19.1 Å². The van der Waals surface area contributed by atoms with Crippen molar-refractivity contribution in [2.24, 2.45) is 0 Å². The Morgan fingerprint density at radius 2 is 1.74 bits per heavy atom. The Kier molecular flexibility index (Phi) is 6.37. The highest BCUT2D eigenvalue weighted by Crippen LogP contribution is 2.20. The van der Waals surface area contributed by atoms with Crippen LogP contribution in [0.2, 0.25) is 0 Å². The fourth-order valence-corrected chi connectivity index (χ4v) is 2.85. The maximum Gasteiger partial charge on any atom is 0.0917 e. The molecule has 2 heteroatoms. The second kappa shape index (κ2) is 8.28. The fraction of sp³-hybridized carbons (Fsp3) is 0.429. The Morgan fingerprint density at radius 3 is 2.39 bits per heavy atom. The predicted octanol–water partition coefficient (Wildman–Crippen LogP) is 4.64. The van der Waals surface area contributed by atoms with Gasteiger partial charge in [-0.25, -0.2) is 0 Å². The van der Waals surface area contributed by atoms with Crippen LogP contribution in [0.3, 0.4) is 0 Å². The van der Waals surface area contributed by atoms with E-state index in [1.165, 1.54) is 16.7 Å². The molecule has 0 bridgehead atoms. The lowest BCUT2D eigenvalue weighted by Gasteiger charge is -2.31. The fourth-order valence-electron chi connectivity index (χ4n) is 2.85. The van der Waals surface area contributed by atoms with Crippen molar-refractivity contribution in [3.63, 3.8) is 0 Å². The summed E-state index contributed by atoms with van der Waals surface area (Å²) in [6, 6.07) is 17.0. The second-order valence-corrected chi connectivity index (χ2v) is 6.54. The van der Waals surface area contributed by atoms with Gasteiger partial charge in [-0.05, 0) is 43.9 Å². The molecule has 0 spiro atoms. The van der Waals surface area contributed by atoms with Crippen molar-refractivity contribution < 1.29 is 5.11 Å². The molecule has 2 aromatic rings. The summed E-state index contributed by atoms with van der Waals surface area (Å²) in [4.78, 5) is 2.39. The Hall–Kier alpha value is -1.64. The number of rotatable bonds is 7. The average Bonchev–Trinajstić information content (AvgIpc) is 2.57. The van der Waals surface area contributed by atoms with Crippen molar-refractivity contribution in [2.45, 2.75) is 52.8 Å². The predicted molar refractivity (Wildman–Crippen MR) is 97.5 cm³/mol. The summed E-state index contributed by atoms with van der Waals surface area (Å²) < 4.78 is 0. The molecule has 0 aliphatic rings. The number of aliphatic hydroxyl groups excluding tert-OH is 1. The zero-order valence-electron chi connectivity index (χ0n) is 14.8. The highest BCUT2D eigenvalue weighted by atomic mass is 16.3. The van der Waals surface area contributed by atoms with Crippen molar-refractivity contribution in [3.05, 3.63) is 70.8 Å². The number of benzene rings is 2. The first kappa shape index (κ1) is 17.7. The summed E-state index contributed by atoms with van der Waals surface area (Å²) in [6.45, 7) is 10.3. The number of aryl methyl sites for hydroxylation is 2. The molecular formula is C21H29NO. The largest absolute Gasteiger partial charge is 0.387 e. The smallest absolute Gasteiger partial charge is 0.0917 e. The molecule has 1 N–H and O–H groups in total. The standard InChI is InChI=1S/C21H29NO/c1-5-18(4)22(14-20-13-16(2)11-12-17(20)3)15-21(23)19-9-7-6-8-10-19/h6-13,18,21,23H,5,14-15H2,1-4H3/t18-,21+/m1/s1. The van der Waals surface area contributed by atoms with Gasteiger partial charge in [-0.15, -0.1) is 0 Å². The average molecular weight is 311 g/mol. The lowest BCUT2D eigenvalue weighted by molar-refractivity contribution is 0.0846. The first-order valence-corrected chi connectivity index (χ1v) is 8.54. The maximum absolute atomic E-state index is 10.6. The molecule has 0 heterocycles. The van der Waals surface area contributed by atoms with E-state index in [4.69, 9.17) is 0 Å². The van der Waals surface area contributed by atoms with E-state index in [9.17, 15) is 5.11 Å². The zero-order chi connectivity index (χ0) is 16.8. The molecule has 0 radical (unpaired) electrons. The third-order valence-electron chi connectivity index (χ3n) is 4.68. The summed E-state index contributed by atoms with van der Waals surface area (Å²) in [5.41, 5.74) is 4.95. The van der Waals surface area contributed by atoms with Crippen LogP contribution in [0.4, 0.5) is 0 Å². The van der Waals surface area contributed by atoms with E-state index >= 15 is 0 Å². The molecule has 23 heavy (non-hydrogen) atoms. The summed E-state index contributed by atoms with van der Waals surface area (Å²) in [5.74, 6) is 0. The molecule has 2 atom stereocenters. The van der Waals surface area contributed by atoms with Crippen LogP contribution in [0.25, 0.3) is 0 Å². The van der Waals surface area contributed by atoms with E-state index in [1.54, 1.807) is 0 Å². The van der Waals surface area contributed by atoms with Crippen molar-refractivity contribution in [2.75, 3.05) is 6.54 Å².